The van der Waals surface area contributed by atoms with Crippen molar-refractivity contribution in [2.75, 3.05) is 32.8 Å². The molecule has 0 radical (unpaired) electrons. The van der Waals surface area contributed by atoms with Crippen LogP contribution in [0.15, 0.2) is 84.9 Å². The lowest BCUT2D eigenvalue weighted by molar-refractivity contribution is 0.0953. The molecule has 3 aromatic carbocycles. The molecular weight excluding hydrogens is 470 g/mol. The molecule has 0 bridgehead atoms. The van der Waals surface area contributed by atoms with E-state index in [0.29, 0.717) is 18.7 Å². The van der Waals surface area contributed by atoms with Crippen LogP contribution in [0.1, 0.15) is 48.0 Å². The van der Waals surface area contributed by atoms with Gasteiger partial charge in [0.2, 0.25) is 0 Å². The molecule has 0 atom stereocenters. The van der Waals surface area contributed by atoms with E-state index in [1.54, 1.807) is 0 Å². The van der Waals surface area contributed by atoms with Crippen molar-refractivity contribution in [3.8, 4) is 17.0 Å². The Balaban J connectivity index is 1.23. The quantitative estimate of drug-likeness (QED) is 0.248. The van der Waals surface area contributed by atoms with Gasteiger partial charge in [-0.15, -0.1) is 0 Å². The van der Waals surface area contributed by atoms with Crippen molar-refractivity contribution in [3.05, 3.63) is 96.1 Å². The lowest BCUT2D eigenvalue weighted by Gasteiger charge is -2.19. The van der Waals surface area contributed by atoms with Crippen LogP contribution in [0.4, 0.5) is 0 Å². The molecule has 4 aromatic rings. The Kier molecular flexibility index (Phi) is 9.01. The first-order valence-electron chi connectivity index (χ1n) is 13.9. The molecule has 5 rings (SSSR count). The number of nitrogens with zero attached hydrogens (tertiary/aromatic N) is 2. The topological polar surface area (TPSA) is 54.5 Å². The van der Waals surface area contributed by atoms with E-state index in [1.807, 2.05) is 72.8 Å². The smallest absolute Gasteiger partial charge is 0.252 e. The molecule has 0 spiro atoms. The van der Waals surface area contributed by atoms with Crippen LogP contribution in [0.2, 0.25) is 0 Å². The fraction of sp³-hybridized carbons (Fsp3) is 0.333. The summed E-state index contributed by atoms with van der Waals surface area (Å²) in [5.74, 6) is 0.787. The molecule has 1 saturated heterocycles. The zero-order valence-electron chi connectivity index (χ0n) is 22.1. The maximum Gasteiger partial charge on any atom is 0.252 e. The van der Waals surface area contributed by atoms with Crippen molar-refractivity contribution in [2.45, 2.75) is 38.5 Å². The molecule has 5 nitrogen and oxygen atoms in total. The SMILES string of the molecule is O=C(NCCCN1CCCCCC1)c1cc(-c2ccc(OCCc3ccccc3)cc2)nc2ccccc12. The van der Waals surface area contributed by atoms with E-state index >= 15 is 0 Å². The molecule has 1 aliphatic rings. The van der Waals surface area contributed by atoms with Crippen LogP contribution >= 0.6 is 0 Å². The van der Waals surface area contributed by atoms with Crippen LogP contribution < -0.4 is 10.1 Å². The van der Waals surface area contributed by atoms with Crippen LogP contribution in [0.25, 0.3) is 22.2 Å². The molecule has 38 heavy (non-hydrogen) atoms. The van der Waals surface area contributed by atoms with Crippen molar-refractivity contribution in [2.24, 2.45) is 0 Å². The number of carbonyl (C=O) groups excluding carboxylic acids is 1. The monoisotopic (exact) mass is 507 g/mol. The summed E-state index contributed by atoms with van der Waals surface area (Å²) in [6.45, 7) is 4.71. The standard InChI is InChI=1S/C33H37N3O2/c37-33(34-20-10-23-36-21-8-1-2-9-22-36)30-25-32(35-31-14-7-6-13-29(30)31)27-15-17-28(18-16-27)38-24-19-26-11-4-3-5-12-26/h3-7,11-18,25H,1-2,8-10,19-24H2,(H,34,37). The van der Waals surface area contributed by atoms with Gasteiger partial charge in [0.15, 0.2) is 0 Å². The van der Waals surface area contributed by atoms with Gasteiger partial charge in [-0.2, -0.15) is 0 Å². The number of para-hydroxylation sites is 1. The molecular formula is C33H37N3O2. The molecule has 0 aliphatic carbocycles. The number of rotatable bonds is 10. The summed E-state index contributed by atoms with van der Waals surface area (Å²) in [5, 5.41) is 4.03. The number of pyridine rings is 1. The molecule has 1 N–H and O–H groups in total. The molecule has 5 heteroatoms. The number of nitrogens with one attached hydrogen (secondary N) is 1. The number of likely N-dealkylation sites (tertiary alicyclic amines) is 1. The number of benzene rings is 3. The number of fused-ring (bicyclic) bond motifs is 1. The Hall–Kier alpha value is -3.70. The number of ether oxygens (including phenoxy) is 1. The van der Waals surface area contributed by atoms with Gasteiger partial charge in [0.05, 0.1) is 23.4 Å². The second-order valence-corrected chi connectivity index (χ2v) is 10.0. The van der Waals surface area contributed by atoms with Crippen LogP contribution in [0.3, 0.4) is 0 Å². The predicted molar refractivity (Wildman–Crippen MR) is 155 cm³/mol. The van der Waals surface area contributed by atoms with E-state index in [-0.39, 0.29) is 5.91 Å². The Morgan fingerprint density at radius 3 is 2.39 bits per heavy atom. The Bertz CT molecular complexity index is 1310. The van der Waals surface area contributed by atoms with Crippen LogP contribution in [0, 0.1) is 0 Å². The van der Waals surface area contributed by atoms with Gasteiger partial charge in [0.25, 0.3) is 5.91 Å². The van der Waals surface area contributed by atoms with Crippen molar-refractivity contribution in [1.29, 1.82) is 0 Å². The largest absolute Gasteiger partial charge is 0.493 e. The summed E-state index contributed by atoms with van der Waals surface area (Å²) in [4.78, 5) is 20.7. The van der Waals surface area contributed by atoms with E-state index < -0.39 is 0 Å². The lowest BCUT2D eigenvalue weighted by atomic mass is 10.0. The summed E-state index contributed by atoms with van der Waals surface area (Å²) in [7, 11) is 0. The third-order valence-electron chi connectivity index (χ3n) is 7.25. The fourth-order valence-corrected chi connectivity index (χ4v) is 5.12. The molecule has 1 amide bonds. The van der Waals surface area contributed by atoms with Gasteiger partial charge >= 0.3 is 0 Å². The van der Waals surface area contributed by atoms with Crippen molar-refractivity contribution < 1.29 is 9.53 Å². The number of carbonyl (C=O) groups is 1. The minimum absolute atomic E-state index is 0.0402. The fourth-order valence-electron chi connectivity index (χ4n) is 5.12. The van der Waals surface area contributed by atoms with Crippen molar-refractivity contribution in [1.82, 2.24) is 15.2 Å². The van der Waals surface area contributed by atoms with Gasteiger partial charge in [-0.3, -0.25) is 4.79 Å². The summed E-state index contributed by atoms with van der Waals surface area (Å²) in [6, 6.07) is 28.1. The average molecular weight is 508 g/mol. The summed E-state index contributed by atoms with van der Waals surface area (Å²) < 4.78 is 5.95. The first kappa shape index (κ1) is 25.9. The first-order chi connectivity index (χ1) is 18.8. The highest BCUT2D eigenvalue weighted by Crippen LogP contribution is 2.26. The normalized spacial score (nSPS) is 14.2. The van der Waals surface area contributed by atoms with Crippen molar-refractivity contribution in [3.63, 3.8) is 0 Å². The molecule has 196 valence electrons. The number of amides is 1. The van der Waals surface area contributed by atoms with E-state index in [4.69, 9.17) is 9.72 Å². The van der Waals surface area contributed by atoms with E-state index in [1.165, 1.54) is 44.3 Å². The molecule has 1 aromatic heterocycles. The first-order valence-corrected chi connectivity index (χ1v) is 13.9. The second kappa shape index (κ2) is 13.2. The molecule has 0 unspecified atom stereocenters. The molecule has 0 saturated carbocycles. The van der Waals surface area contributed by atoms with E-state index in [0.717, 1.165) is 47.3 Å². The predicted octanol–water partition coefficient (Wildman–Crippen LogP) is 6.52. The van der Waals surface area contributed by atoms with E-state index in [9.17, 15) is 4.79 Å². The zero-order valence-corrected chi connectivity index (χ0v) is 22.1. The Morgan fingerprint density at radius 2 is 1.61 bits per heavy atom. The average Bonchev–Trinajstić information content (AvgIpc) is 3.24. The second-order valence-electron chi connectivity index (χ2n) is 10.0. The molecule has 1 fully saturated rings. The molecule has 2 heterocycles. The minimum atomic E-state index is -0.0402. The highest BCUT2D eigenvalue weighted by Gasteiger charge is 2.14. The lowest BCUT2D eigenvalue weighted by Crippen LogP contribution is -2.30. The zero-order chi connectivity index (χ0) is 26.0. The van der Waals surface area contributed by atoms with Gasteiger partial charge in [-0.1, -0.05) is 61.4 Å². The summed E-state index contributed by atoms with van der Waals surface area (Å²) in [5.41, 5.74) is 4.50. The maximum atomic E-state index is 13.3. The van der Waals surface area contributed by atoms with Gasteiger partial charge in [-0.25, -0.2) is 4.98 Å². The Morgan fingerprint density at radius 1 is 0.868 bits per heavy atom. The van der Waals surface area contributed by atoms with Gasteiger partial charge in [0.1, 0.15) is 5.75 Å². The van der Waals surface area contributed by atoms with Gasteiger partial charge in [-0.05, 0) is 80.9 Å². The maximum absolute atomic E-state index is 13.3. The number of aromatic nitrogens is 1. The third kappa shape index (κ3) is 6.99. The molecule has 1 aliphatic heterocycles. The van der Waals surface area contributed by atoms with E-state index in [2.05, 4.69) is 22.3 Å². The summed E-state index contributed by atoms with van der Waals surface area (Å²) in [6.07, 6.45) is 7.10. The van der Waals surface area contributed by atoms with Crippen molar-refractivity contribution >= 4 is 16.8 Å². The van der Waals surface area contributed by atoms with Crippen LogP contribution in [-0.2, 0) is 6.42 Å². The third-order valence-corrected chi connectivity index (χ3v) is 7.25. The highest BCUT2D eigenvalue weighted by molar-refractivity contribution is 6.07. The van der Waals surface area contributed by atoms with Crippen LogP contribution in [0.5, 0.6) is 5.75 Å². The number of hydrogen-bond acceptors (Lipinski definition) is 4. The van der Waals surface area contributed by atoms with Gasteiger partial charge < -0.3 is 15.0 Å². The van der Waals surface area contributed by atoms with Gasteiger partial charge in [0, 0.05) is 23.9 Å². The highest BCUT2D eigenvalue weighted by atomic mass is 16.5. The number of hydrogen-bond donors (Lipinski definition) is 1. The minimum Gasteiger partial charge on any atom is -0.493 e. The van der Waals surface area contributed by atoms with Crippen LogP contribution in [-0.4, -0.2) is 48.6 Å². The Labute approximate surface area is 225 Å². The summed E-state index contributed by atoms with van der Waals surface area (Å²) >= 11 is 0.